The van der Waals surface area contributed by atoms with E-state index in [0.717, 1.165) is 48.5 Å². The van der Waals surface area contributed by atoms with Crippen LogP contribution in [0.4, 0.5) is 17.1 Å². The van der Waals surface area contributed by atoms with Gasteiger partial charge in [-0.25, -0.2) is 0 Å². The molecule has 1 atom stereocenters. The third-order valence-electron chi connectivity index (χ3n) is 6.59. The molecule has 0 aliphatic heterocycles. The van der Waals surface area contributed by atoms with Crippen molar-refractivity contribution in [2.45, 2.75) is 44.7 Å². The molecule has 1 aliphatic carbocycles. The molecular weight excluding hydrogens is 488 g/mol. The fourth-order valence-electron chi connectivity index (χ4n) is 4.62. The maximum atomic E-state index is 14.1. The van der Waals surface area contributed by atoms with Gasteiger partial charge in [-0.1, -0.05) is 37.1 Å². The second-order valence-corrected chi connectivity index (χ2v) is 10.3. The number of carbonyl (C=O) groups excluding carboxylic acids is 3. The van der Waals surface area contributed by atoms with E-state index in [0.29, 0.717) is 11.3 Å². The lowest BCUT2D eigenvalue weighted by atomic mass is 10.0. The Morgan fingerprint density at radius 3 is 2.30 bits per heavy atom. The Labute approximate surface area is 220 Å². The predicted octanol–water partition coefficient (Wildman–Crippen LogP) is 3.65. The number of carbonyl (C=O) groups is 3. The first-order chi connectivity index (χ1) is 17.7. The quantitative estimate of drug-likeness (QED) is 0.415. The highest BCUT2D eigenvalue weighted by molar-refractivity contribution is 7.09. The molecule has 0 unspecified atom stereocenters. The Bertz CT molecular complexity index is 1300. The van der Waals surface area contributed by atoms with E-state index in [4.69, 9.17) is 11.5 Å². The maximum Gasteiger partial charge on any atom is 0.273 e. The lowest BCUT2D eigenvalue weighted by Gasteiger charge is -2.32. The van der Waals surface area contributed by atoms with Crippen molar-refractivity contribution >= 4 is 46.3 Å². The molecule has 37 heavy (non-hydrogen) atoms. The predicted molar refractivity (Wildman–Crippen MR) is 147 cm³/mol. The van der Waals surface area contributed by atoms with Gasteiger partial charge < -0.3 is 21.7 Å². The number of primary amides is 1. The van der Waals surface area contributed by atoms with Gasteiger partial charge in [0.2, 0.25) is 5.91 Å². The zero-order chi connectivity index (χ0) is 26.7. The Morgan fingerprint density at radius 2 is 1.73 bits per heavy atom. The summed E-state index contributed by atoms with van der Waals surface area (Å²) in [7, 11) is 3.87. The summed E-state index contributed by atoms with van der Waals surface area (Å²) in [6.07, 6.45) is 3.92. The molecule has 1 heterocycles. The first-order valence-electron chi connectivity index (χ1n) is 12.2. The van der Waals surface area contributed by atoms with E-state index in [1.165, 1.54) is 4.90 Å². The Kier molecular flexibility index (Phi) is 7.77. The highest BCUT2D eigenvalue weighted by atomic mass is 32.1. The second-order valence-electron chi connectivity index (χ2n) is 9.53. The van der Waals surface area contributed by atoms with E-state index < -0.39 is 17.9 Å². The summed E-state index contributed by atoms with van der Waals surface area (Å²) in [5.74, 6) is -1.63. The number of benzene rings is 2. The normalized spacial score (nSPS) is 14.2. The first kappa shape index (κ1) is 26.2. The standard InChI is InChI=1S/C27H32N6O3S/c1-16-7-6-10-20(15-16)33(27(36)24-21(28)22(25(29)34)31-37-24)23(26(35)30-18-8-4-5-9-18)17-11-13-19(14-12-17)32(2)3/h6-7,10-15,18,23H,4-5,8-9,28H2,1-3H3,(H2,29,34)(H,30,35)/t23-/m1/s1. The molecular formula is C27H32N6O3S. The Morgan fingerprint density at radius 1 is 1.05 bits per heavy atom. The smallest absolute Gasteiger partial charge is 0.273 e. The zero-order valence-corrected chi connectivity index (χ0v) is 22.0. The molecule has 1 aliphatic rings. The number of amides is 3. The number of nitrogen functional groups attached to an aromatic ring is 1. The number of hydrogen-bond donors (Lipinski definition) is 3. The topological polar surface area (TPSA) is 135 Å². The number of nitrogens with two attached hydrogens (primary N) is 2. The van der Waals surface area contributed by atoms with Crippen LogP contribution in [0.2, 0.25) is 0 Å². The molecule has 194 valence electrons. The Hall–Kier alpha value is -3.92. The first-order valence-corrected chi connectivity index (χ1v) is 13.0. The fraction of sp³-hybridized carbons (Fsp3) is 0.333. The fourth-order valence-corrected chi connectivity index (χ4v) is 5.37. The molecule has 0 bridgehead atoms. The SMILES string of the molecule is Cc1cccc(N(C(=O)c2snc(C(N)=O)c2N)[C@@H](C(=O)NC2CCCC2)c2ccc(N(C)C)cc2)c1. The summed E-state index contributed by atoms with van der Waals surface area (Å²) < 4.78 is 4.01. The molecule has 4 rings (SSSR count). The van der Waals surface area contributed by atoms with Crippen LogP contribution in [0.25, 0.3) is 0 Å². The molecule has 10 heteroatoms. The van der Waals surface area contributed by atoms with Crippen LogP contribution >= 0.6 is 11.5 Å². The van der Waals surface area contributed by atoms with E-state index in [1.54, 1.807) is 6.07 Å². The van der Waals surface area contributed by atoms with Gasteiger partial charge in [-0.05, 0) is 66.7 Å². The van der Waals surface area contributed by atoms with Crippen LogP contribution in [0.3, 0.4) is 0 Å². The van der Waals surface area contributed by atoms with E-state index >= 15 is 0 Å². The minimum atomic E-state index is -0.982. The molecule has 1 fully saturated rings. The van der Waals surface area contributed by atoms with Crippen LogP contribution in [-0.4, -0.2) is 42.2 Å². The van der Waals surface area contributed by atoms with Crippen molar-refractivity contribution in [2.24, 2.45) is 5.73 Å². The summed E-state index contributed by atoms with van der Waals surface area (Å²) in [6, 6.07) is 14.0. The third kappa shape index (κ3) is 5.59. The summed E-state index contributed by atoms with van der Waals surface area (Å²) in [5, 5.41) is 3.16. The van der Waals surface area contributed by atoms with Crippen LogP contribution in [0.1, 0.15) is 63.0 Å². The summed E-state index contributed by atoms with van der Waals surface area (Å²) in [6.45, 7) is 1.91. The van der Waals surface area contributed by atoms with Crippen LogP contribution < -0.4 is 26.6 Å². The number of nitrogens with zero attached hydrogens (tertiary/aromatic N) is 3. The van der Waals surface area contributed by atoms with Crippen molar-refractivity contribution < 1.29 is 14.4 Å². The van der Waals surface area contributed by atoms with Gasteiger partial charge in [0.25, 0.3) is 11.8 Å². The van der Waals surface area contributed by atoms with Gasteiger partial charge in [0.1, 0.15) is 10.9 Å². The number of aryl methyl sites for hydroxylation is 1. The monoisotopic (exact) mass is 520 g/mol. The third-order valence-corrected chi connectivity index (χ3v) is 7.44. The van der Waals surface area contributed by atoms with E-state index in [9.17, 15) is 14.4 Å². The average Bonchev–Trinajstić information content (AvgIpc) is 3.51. The van der Waals surface area contributed by atoms with Crippen LogP contribution in [0.5, 0.6) is 0 Å². The van der Waals surface area contributed by atoms with Crippen LogP contribution in [0.15, 0.2) is 48.5 Å². The Balaban J connectivity index is 1.86. The minimum absolute atomic E-state index is 0.0545. The summed E-state index contributed by atoms with van der Waals surface area (Å²) in [4.78, 5) is 43.3. The number of hydrogen-bond acceptors (Lipinski definition) is 7. The van der Waals surface area contributed by atoms with Crippen molar-refractivity contribution in [3.63, 3.8) is 0 Å². The number of anilines is 3. The summed E-state index contributed by atoms with van der Waals surface area (Å²) >= 11 is 0.798. The van der Waals surface area contributed by atoms with Crippen LogP contribution in [0, 0.1) is 6.92 Å². The van der Waals surface area contributed by atoms with Crippen molar-refractivity contribution in [3.8, 4) is 0 Å². The molecule has 2 aromatic carbocycles. The van der Waals surface area contributed by atoms with Gasteiger partial charge in [0.05, 0.1) is 5.69 Å². The van der Waals surface area contributed by atoms with Gasteiger partial charge in [-0.2, -0.15) is 4.37 Å². The largest absolute Gasteiger partial charge is 0.395 e. The molecule has 3 aromatic rings. The van der Waals surface area contributed by atoms with Crippen LogP contribution in [-0.2, 0) is 4.79 Å². The van der Waals surface area contributed by atoms with Gasteiger partial charge in [-0.3, -0.25) is 19.3 Å². The van der Waals surface area contributed by atoms with E-state index in [1.807, 2.05) is 68.4 Å². The second kappa shape index (κ2) is 11.0. The number of nitrogens with one attached hydrogen (secondary N) is 1. The lowest BCUT2D eigenvalue weighted by Crippen LogP contribution is -2.46. The van der Waals surface area contributed by atoms with Gasteiger partial charge >= 0.3 is 0 Å². The van der Waals surface area contributed by atoms with Gasteiger partial charge in [0.15, 0.2) is 5.69 Å². The van der Waals surface area contributed by atoms with Crippen molar-refractivity contribution in [3.05, 3.63) is 70.2 Å². The van der Waals surface area contributed by atoms with Gasteiger partial charge in [0, 0.05) is 31.5 Å². The number of rotatable bonds is 8. The van der Waals surface area contributed by atoms with Gasteiger partial charge in [-0.15, -0.1) is 0 Å². The minimum Gasteiger partial charge on any atom is -0.395 e. The molecule has 0 spiro atoms. The zero-order valence-electron chi connectivity index (χ0n) is 21.2. The van der Waals surface area contributed by atoms with E-state index in [2.05, 4.69) is 9.69 Å². The molecule has 0 radical (unpaired) electrons. The highest BCUT2D eigenvalue weighted by Crippen LogP contribution is 2.34. The van der Waals surface area contributed by atoms with Crippen molar-refractivity contribution in [1.29, 1.82) is 0 Å². The maximum absolute atomic E-state index is 14.1. The lowest BCUT2D eigenvalue weighted by molar-refractivity contribution is -0.123. The molecule has 5 N–H and O–H groups in total. The molecule has 1 saturated carbocycles. The average molecular weight is 521 g/mol. The molecule has 1 aromatic heterocycles. The molecule has 3 amide bonds. The van der Waals surface area contributed by atoms with Crippen molar-refractivity contribution in [2.75, 3.05) is 29.6 Å². The highest BCUT2D eigenvalue weighted by Gasteiger charge is 2.37. The molecule has 0 saturated heterocycles. The van der Waals surface area contributed by atoms with E-state index in [-0.39, 0.29) is 28.2 Å². The number of aromatic nitrogens is 1. The van der Waals surface area contributed by atoms with Crippen molar-refractivity contribution in [1.82, 2.24) is 9.69 Å². The summed E-state index contributed by atoms with van der Waals surface area (Å²) in [5.41, 5.74) is 14.4. The molecule has 9 nitrogen and oxygen atoms in total.